The summed E-state index contributed by atoms with van der Waals surface area (Å²) in [5, 5.41) is 20.5. The standard InChI is InChI=1S/C24H25N5O2/c1-16-13-19(23(31)14-22(16)30)24-26-20-15-25-8-7-21(20)29(24)18-5-3-17(4-6-18)28-11-9-27(2)10-12-28/h3-8,13-15,30-31H,9-12H2,1-2H3. The van der Waals surface area contributed by atoms with E-state index in [9.17, 15) is 10.2 Å². The Morgan fingerprint density at radius 3 is 2.32 bits per heavy atom. The maximum atomic E-state index is 10.6. The van der Waals surface area contributed by atoms with Crippen molar-refractivity contribution in [3.05, 3.63) is 60.4 Å². The number of aryl methyl sites for hydroxylation is 1. The number of hydrogen-bond acceptors (Lipinski definition) is 6. The molecule has 0 saturated carbocycles. The van der Waals surface area contributed by atoms with Gasteiger partial charge in [-0.1, -0.05) is 0 Å². The number of aromatic nitrogens is 3. The highest BCUT2D eigenvalue weighted by molar-refractivity contribution is 5.84. The van der Waals surface area contributed by atoms with Gasteiger partial charge in [0.2, 0.25) is 0 Å². The van der Waals surface area contributed by atoms with E-state index in [0.717, 1.165) is 42.9 Å². The lowest BCUT2D eigenvalue weighted by atomic mass is 10.1. The number of pyridine rings is 1. The van der Waals surface area contributed by atoms with E-state index in [-0.39, 0.29) is 11.5 Å². The van der Waals surface area contributed by atoms with Gasteiger partial charge >= 0.3 is 0 Å². The number of piperazine rings is 1. The van der Waals surface area contributed by atoms with Crippen LogP contribution < -0.4 is 4.90 Å². The lowest BCUT2D eigenvalue weighted by Crippen LogP contribution is -2.44. The molecule has 31 heavy (non-hydrogen) atoms. The van der Waals surface area contributed by atoms with Crippen LogP contribution in [0.2, 0.25) is 0 Å². The molecule has 1 saturated heterocycles. The normalized spacial score (nSPS) is 15.0. The van der Waals surface area contributed by atoms with Gasteiger partial charge in [-0.25, -0.2) is 4.98 Å². The maximum Gasteiger partial charge on any atom is 0.149 e. The van der Waals surface area contributed by atoms with E-state index in [1.54, 1.807) is 25.4 Å². The predicted octanol–water partition coefficient (Wildman–Crippen LogP) is 3.56. The van der Waals surface area contributed by atoms with E-state index in [0.29, 0.717) is 17.0 Å². The Labute approximate surface area is 180 Å². The summed E-state index contributed by atoms with van der Waals surface area (Å²) in [6, 6.07) is 13.5. The van der Waals surface area contributed by atoms with Crippen molar-refractivity contribution < 1.29 is 10.2 Å². The molecule has 2 aromatic heterocycles. The minimum absolute atomic E-state index is 0.0123. The number of phenolic OH excluding ortho intramolecular Hbond substituents is 2. The number of benzene rings is 2. The molecule has 0 aliphatic carbocycles. The summed E-state index contributed by atoms with van der Waals surface area (Å²) >= 11 is 0. The Hall–Kier alpha value is -3.58. The van der Waals surface area contributed by atoms with Crippen LogP contribution in [0.3, 0.4) is 0 Å². The van der Waals surface area contributed by atoms with Gasteiger partial charge in [0, 0.05) is 49.8 Å². The van der Waals surface area contributed by atoms with Crippen LogP contribution in [0.4, 0.5) is 5.69 Å². The largest absolute Gasteiger partial charge is 0.508 e. The molecule has 4 aromatic rings. The van der Waals surface area contributed by atoms with Gasteiger partial charge in [-0.15, -0.1) is 0 Å². The van der Waals surface area contributed by atoms with Crippen molar-refractivity contribution in [3.8, 4) is 28.6 Å². The second kappa shape index (κ2) is 7.59. The molecule has 0 radical (unpaired) electrons. The Morgan fingerprint density at radius 1 is 0.871 bits per heavy atom. The van der Waals surface area contributed by atoms with Crippen LogP contribution in [0.5, 0.6) is 11.5 Å². The van der Waals surface area contributed by atoms with E-state index in [4.69, 9.17) is 4.98 Å². The van der Waals surface area contributed by atoms with E-state index in [2.05, 4.69) is 46.1 Å². The summed E-state index contributed by atoms with van der Waals surface area (Å²) in [5.41, 5.74) is 5.04. The molecule has 7 heteroatoms. The Balaban J connectivity index is 1.61. The summed E-state index contributed by atoms with van der Waals surface area (Å²) < 4.78 is 2.02. The van der Waals surface area contributed by atoms with Gasteiger partial charge < -0.3 is 20.0 Å². The van der Waals surface area contributed by atoms with Crippen LogP contribution >= 0.6 is 0 Å². The van der Waals surface area contributed by atoms with Gasteiger partial charge in [0.05, 0.1) is 17.3 Å². The van der Waals surface area contributed by atoms with Crippen LogP contribution in [0.15, 0.2) is 54.9 Å². The fourth-order valence-corrected chi connectivity index (χ4v) is 4.12. The molecule has 1 aliphatic rings. The third kappa shape index (κ3) is 3.47. The molecule has 2 N–H and O–H groups in total. The molecule has 1 aliphatic heterocycles. The molecule has 0 unspecified atom stereocenters. The number of fused-ring (bicyclic) bond motifs is 1. The Kier molecular flexibility index (Phi) is 4.75. The third-order valence-corrected chi connectivity index (χ3v) is 5.99. The maximum absolute atomic E-state index is 10.6. The first kappa shape index (κ1) is 19.4. The molecular formula is C24H25N5O2. The number of anilines is 1. The number of aromatic hydroxyl groups is 2. The van der Waals surface area contributed by atoms with Gasteiger partial charge in [0.1, 0.15) is 22.8 Å². The van der Waals surface area contributed by atoms with Crippen molar-refractivity contribution in [1.29, 1.82) is 0 Å². The monoisotopic (exact) mass is 415 g/mol. The van der Waals surface area contributed by atoms with E-state index in [1.165, 1.54) is 11.8 Å². The van der Waals surface area contributed by atoms with Gasteiger partial charge in [0.15, 0.2) is 0 Å². The zero-order valence-corrected chi connectivity index (χ0v) is 17.7. The van der Waals surface area contributed by atoms with Crippen molar-refractivity contribution >= 4 is 16.7 Å². The van der Waals surface area contributed by atoms with Crippen LogP contribution in [0.25, 0.3) is 28.1 Å². The van der Waals surface area contributed by atoms with Gasteiger partial charge in [-0.05, 0) is 55.9 Å². The molecule has 3 heterocycles. The molecule has 5 rings (SSSR count). The fourth-order valence-electron chi connectivity index (χ4n) is 4.12. The van der Waals surface area contributed by atoms with Gasteiger partial charge in [0.25, 0.3) is 0 Å². The highest BCUT2D eigenvalue weighted by Gasteiger charge is 2.19. The molecule has 0 spiro atoms. The molecule has 1 fully saturated rings. The highest BCUT2D eigenvalue weighted by atomic mass is 16.3. The number of phenols is 2. The number of imidazole rings is 1. The van der Waals surface area contributed by atoms with E-state index >= 15 is 0 Å². The first-order chi connectivity index (χ1) is 15.0. The van der Waals surface area contributed by atoms with E-state index < -0.39 is 0 Å². The number of rotatable bonds is 3. The minimum atomic E-state index is -0.0123. The number of nitrogens with zero attached hydrogens (tertiary/aromatic N) is 5. The second-order valence-electron chi connectivity index (χ2n) is 8.10. The molecule has 0 atom stereocenters. The summed E-state index contributed by atoms with van der Waals surface area (Å²) in [6.07, 6.45) is 3.46. The topological polar surface area (TPSA) is 77.7 Å². The van der Waals surface area contributed by atoms with Gasteiger partial charge in [-0.2, -0.15) is 0 Å². The summed E-state index contributed by atoms with van der Waals surface area (Å²) in [7, 11) is 2.15. The highest BCUT2D eigenvalue weighted by Crippen LogP contribution is 2.37. The molecule has 7 nitrogen and oxygen atoms in total. The Morgan fingerprint density at radius 2 is 1.58 bits per heavy atom. The average Bonchev–Trinajstić information content (AvgIpc) is 3.16. The number of hydrogen-bond donors (Lipinski definition) is 2. The van der Waals surface area contributed by atoms with Crippen molar-refractivity contribution in [2.24, 2.45) is 0 Å². The summed E-state index contributed by atoms with van der Waals surface area (Å²) in [6.45, 7) is 5.95. The average molecular weight is 415 g/mol. The molecule has 2 aromatic carbocycles. The third-order valence-electron chi connectivity index (χ3n) is 5.99. The molecule has 158 valence electrons. The molecule has 0 amide bonds. The first-order valence-corrected chi connectivity index (χ1v) is 10.4. The minimum Gasteiger partial charge on any atom is -0.508 e. The van der Waals surface area contributed by atoms with Crippen LogP contribution in [0, 0.1) is 6.92 Å². The SMILES string of the molecule is Cc1cc(-c2nc3cnccc3n2-c2ccc(N3CCN(C)CC3)cc2)c(O)cc1O. The zero-order valence-electron chi connectivity index (χ0n) is 17.7. The molecule has 0 bridgehead atoms. The molecular weight excluding hydrogens is 390 g/mol. The smallest absolute Gasteiger partial charge is 0.149 e. The fraction of sp³-hybridized carbons (Fsp3) is 0.250. The first-order valence-electron chi connectivity index (χ1n) is 10.4. The zero-order chi connectivity index (χ0) is 21.5. The van der Waals surface area contributed by atoms with Gasteiger partial charge in [-0.3, -0.25) is 9.55 Å². The van der Waals surface area contributed by atoms with Crippen LogP contribution in [-0.4, -0.2) is 62.9 Å². The summed E-state index contributed by atoms with van der Waals surface area (Å²) in [4.78, 5) is 13.7. The van der Waals surface area contributed by atoms with Crippen molar-refractivity contribution in [3.63, 3.8) is 0 Å². The van der Waals surface area contributed by atoms with Crippen LogP contribution in [-0.2, 0) is 0 Å². The predicted molar refractivity (Wildman–Crippen MR) is 122 cm³/mol. The lowest BCUT2D eigenvalue weighted by molar-refractivity contribution is 0.313. The Bertz CT molecular complexity index is 1240. The quantitative estimate of drug-likeness (QED) is 0.533. The van der Waals surface area contributed by atoms with Crippen molar-refractivity contribution in [2.75, 3.05) is 38.1 Å². The number of likely N-dealkylation sites (N-methyl/N-ethyl adjacent to an activating group) is 1. The second-order valence-corrected chi connectivity index (χ2v) is 8.10. The van der Waals surface area contributed by atoms with Crippen LogP contribution in [0.1, 0.15) is 5.56 Å². The summed E-state index contributed by atoms with van der Waals surface area (Å²) in [5.74, 6) is 0.653. The lowest BCUT2D eigenvalue weighted by Gasteiger charge is -2.34. The van der Waals surface area contributed by atoms with Crippen molar-refractivity contribution in [1.82, 2.24) is 19.4 Å². The van der Waals surface area contributed by atoms with Crippen molar-refractivity contribution in [2.45, 2.75) is 6.92 Å². The van der Waals surface area contributed by atoms with E-state index in [1.807, 2.05) is 10.6 Å².